The van der Waals surface area contributed by atoms with Gasteiger partial charge < -0.3 is 9.84 Å². The second-order valence-electron chi connectivity index (χ2n) is 4.66. The van der Waals surface area contributed by atoms with E-state index in [9.17, 15) is 13.5 Å². The first-order valence-electron chi connectivity index (χ1n) is 5.90. The number of hydrogen-bond acceptors (Lipinski definition) is 4. The molecule has 1 fully saturated rings. The van der Waals surface area contributed by atoms with Crippen LogP contribution in [0.15, 0.2) is 46.2 Å². The molecule has 1 aliphatic carbocycles. The third-order valence-corrected chi connectivity index (χ3v) is 5.46. The van der Waals surface area contributed by atoms with Gasteiger partial charge in [-0.2, -0.15) is 0 Å². The van der Waals surface area contributed by atoms with Crippen LogP contribution >= 0.6 is 0 Å². The Balaban J connectivity index is 2.03. The molecular weight excluding hydrogens is 252 g/mol. The van der Waals surface area contributed by atoms with Crippen molar-refractivity contribution in [2.24, 2.45) is 5.92 Å². The van der Waals surface area contributed by atoms with Gasteiger partial charge in [0.25, 0.3) is 0 Å². The predicted molar refractivity (Wildman–Crippen MR) is 65.6 cm³/mol. The summed E-state index contributed by atoms with van der Waals surface area (Å²) in [5.41, 5.74) is 0. The highest BCUT2D eigenvalue weighted by Gasteiger charge is 2.45. The molecule has 3 unspecified atom stereocenters. The number of aliphatic hydroxyl groups is 1. The van der Waals surface area contributed by atoms with Crippen LogP contribution in [0.3, 0.4) is 0 Å². The van der Waals surface area contributed by atoms with Crippen molar-refractivity contribution in [3.63, 3.8) is 0 Å². The molecule has 0 spiro atoms. The fourth-order valence-corrected chi connectivity index (χ4v) is 4.13. The van der Waals surface area contributed by atoms with Crippen molar-refractivity contribution in [1.29, 1.82) is 0 Å². The lowest BCUT2D eigenvalue weighted by Gasteiger charge is -2.24. The summed E-state index contributed by atoms with van der Waals surface area (Å²) in [6.45, 7) is 0.427. The lowest BCUT2D eigenvalue weighted by molar-refractivity contribution is 0.0639. The summed E-state index contributed by atoms with van der Waals surface area (Å²) in [7, 11) is -3.55. The molecular formula is C13H14O4S. The van der Waals surface area contributed by atoms with Crippen LogP contribution in [-0.2, 0) is 14.6 Å². The van der Waals surface area contributed by atoms with E-state index in [2.05, 4.69) is 0 Å². The van der Waals surface area contributed by atoms with Gasteiger partial charge in [0.1, 0.15) is 6.10 Å². The van der Waals surface area contributed by atoms with Crippen molar-refractivity contribution in [3.05, 3.63) is 41.3 Å². The first-order chi connectivity index (χ1) is 8.60. The van der Waals surface area contributed by atoms with Crippen molar-refractivity contribution < 1.29 is 18.3 Å². The highest BCUT2D eigenvalue weighted by Crippen LogP contribution is 2.37. The van der Waals surface area contributed by atoms with Gasteiger partial charge in [-0.15, -0.1) is 0 Å². The first-order valence-corrected chi connectivity index (χ1v) is 7.39. The van der Waals surface area contributed by atoms with Crippen LogP contribution in [0.4, 0.5) is 0 Å². The van der Waals surface area contributed by atoms with Crippen LogP contribution in [0, 0.1) is 5.92 Å². The Labute approximate surface area is 106 Å². The number of sulfone groups is 1. The summed E-state index contributed by atoms with van der Waals surface area (Å²) in [4.78, 5) is 0.451. The Morgan fingerprint density at radius 3 is 2.67 bits per heavy atom. The van der Waals surface area contributed by atoms with Gasteiger partial charge in [0, 0.05) is 5.92 Å². The van der Waals surface area contributed by atoms with E-state index in [1.54, 1.807) is 36.4 Å². The van der Waals surface area contributed by atoms with Gasteiger partial charge >= 0.3 is 0 Å². The van der Waals surface area contributed by atoms with E-state index in [-0.39, 0.29) is 15.7 Å². The molecule has 1 saturated heterocycles. The second-order valence-corrected chi connectivity index (χ2v) is 6.61. The van der Waals surface area contributed by atoms with Gasteiger partial charge in [-0.3, -0.25) is 0 Å². The molecule has 4 nitrogen and oxygen atoms in total. The molecule has 2 aliphatic rings. The molecule has 0 saturated carbocycles. The number of allylic oxidation sites excluding steroid dienone is 1. The zero-order chi connectivity index (χ0) is 12.8. The Morgan fingerprint density at radius 1 is 1.22 bits per heavy atom. The second kappa shape index (κ2) is 4.19. The first kappa shape index (κ1) is 11.9. The highest BCUT2D eigenvalue weighted by atomic mass is 32.2. The molecule has 1 aromatic carbocycles. The quantitative estimate of drug-likeness (QED) is 0.871. The minimum absolute atomic E-state index is 0.0322. The van der Waals surface area contributed by atoms with Gasteiger partial charge in [-0.05, 0) is 18.6 Å². The summed E-state index contributed by atoms with van der Waals surface area (Å²) in [5.74, 6) is 0.0322. The van der Waals surface area contributed by atoms with E-state index in [1.807, 2.05) is 0 Å². The number of hydrogen-bond donors (Lipinski definition) is 1. The average Bonchev–Trinajstić information content (AvgIpc) is 2.63. The Bertz CT molecular complexity index is 576. The molecule has 1 aromatic rings. The maximum Gasteiger partial charge on any atom is 0.205 e. The molecule has 18 heavy (non-hydrogen) atoms. The van der Waals surface area contributed by atoms with Crippen LogP contribution in [0.2, 0.25) is 0 Å². The topological polar surface area (TPSA) is 63.6 Å². The Hall–Kier alpha value is -1.17. The number of ether oxygens (including phenoxy) is 1. The smallest absolute Gasteiger partial charge is 0.205 e. The highest BCUT2D eigenvalue weighted by molar-refractivity contribution is 7.95. The number of aliphatic hydroxyl groups excluding tert-OH is 1. The summed E-state index contributed by atoms with van der Waals surface area (Å²) in [5, 5.41) is 9.96. The van der Waals surface area contributed by atoms with E-state index in [0.29, 0.717) is 13.0 Å². The molecule has 1 heterocycles. The van der Waals surface area contributed by atoms with Crippen LogP contribution in [0.25, 0.3) is 0 Å². The van der Waals surface area contributed by atoms with Gasteiger partial charge in [0.05, 0.1) is 22.5 Å². The molecule has 3 rings (SSSR count). The Kier molecular flexibility index (Phi) is 2.77. The van der Waals surface area contributed by atoms with Crippen molar-refractivity contribution in [2.75, 3.05) is 6.61 Å². The number of rotatable bonds is 2. The predicted octanol–water partition coefficient (Wildman–Crippen LogP) is 1.12. The molecule has 0 radical (unpaired) electrons. The van der Waals surface area contributed by atoms with Gasteiger partial charge in [0.2, 0.25) is 9.84 Å². The standard InChI is InChI=1S/C13H14O4S/c14-12-9-6-7-11(13(12)17-8-9)18(15,16)10-4-2-1-3-5-10/h1-5,7,9,12-14H,6,8H2. The number of fused-ring (bicyclic) bond motifs is 2. The van der Waals surface area contributed by atoms with Crippen LogP contribution in [0.5, 0.6) is 0 Å². The van der Waals surface area contributed by atoms with E-state index < -0.39 is 22.0 Å². The van der Waals surface area contributed by atoms with Crippen LogP contribution in [0.1, 0.15) is 6.42 Å². The van der Waals surface area contributed by atoms with Crippen LogP contribution < -0.4 is 0 Å². The van der Waals surface area contributed by atoms with Crippen molar-refractivity contribution in [3.8, 4) is 0 Å². The lowest BCUT2D eigenvalue weighted by atomic mass is 9.93. The molecule has 3 atom stereocenters. The lowest BCUT2D eigenvalue weighted by Crippen LogP contribution is -2.34. The van der Waals surface area contributed by atoms with Gasteiger partial charge in [-0.1, -0.05) is 24.3 Å². The maximum absolute atomic E-state index is 12.5. The third-order valence-electron chi connectivity index (χ3n) is 3.55. The molecule has 0 amide bonds. The normalized spacial score (nSPS) is 31.2. The van der Waals surface area contributed by atoms with E-state index >= 15 is 0 Å². The fourth-order valence-electron chi connectivity index (χ4n) is 2.51. The van der Waals surface area contributed by atoms with Gasteiger partial charge in [-0.25, -0.2) is 8.42 Å². The van der Waals surface area contributed by atoms with Crippen molar-refractivity contribution >= 4 is 9.84 Å². The van der Waals surface area contributed by atoms with Crippen LogP contribution in [-0.4, -0.2) is 32.3 Å². The minimum Gasteiger partial charge on any atom is -0.390 e. The zero-order valence-corrected chi connectivity index (χ0v) is 10.5. The monoisotopic (exact) mass is 266 g/mol. The molecule has 1 aliphatic heterocycles. The fraction of sp³-hybridized carbons (Fsp3) is 0.385. The summed E-state index contributed by atoms with van der Waals surface area (Å²) < 4.78 is 30.3. The van der Waals surface area contributed by atoms with Crippen molar-refractivity contribution in [2.45, 2.75) is 23.5 Å². The van der Waals surface area contributed by atoms with Gasteiger partial charge in [0.15, 0.2) is 0 Å². The van der Waals surface area contributed by atoms with E-state index in [1.165, 1.54) is 0 Å². The molecule has 0 aromatic heterocycles. The largest absolute Gasteiger partial charge is 0.390 e. The minimum atomic E-state index is -3.55. The molecule has 2 bridgehead atoms. The third kappa shape index (κ3) is 1.70. The van der Waals surface area contributed by atoms with E-state index in [0.717, 1.165) is 0 Å². The molecule has 1 N–H and O–H groups in total. The summed E-state index contributed by atoms with van der Waals surface area (Å²) >= 11 is 0. The summed E-state index contributed by atoms with van der Waals surface area (Å²) in [6, 6.07) is 8.26. The van der Waals surface area contributed by atoms with Crippen molar-refractivity contribution in [1.82, 2.24) is 0 Å². The number of benzene rings is 1. The Morgan fingerprint density at radius 2 is 1.94 bits per heavy atom. The summed E-state index contributed by atoms with van der Waals surface area (Å²) in [6.07, 6.45) is 0.841. The average molecular weight is 266 g/mol. The van der Waals surface area contributed by atoms with E-state index in [4.69, 9.17) is 4.74 Å². The maximum atomic E-state index is 12.5. The molecule has 5 heteroatoms. The molecule has 96 valence electrons. The zero-order valence-electron chi connectivity index (χ0n) is 9.69. The SMILES string of the molecule is O=S(=O)(C1=CCC2COC1C2O)c1ccccc1.